The molecule has 22 heavy (non-hydrogen) atoms. The molecule has 1 atom stereocenters. The van der Waals surface area contributed by atoms with Crippen LogP contribution in [0.5, 0.6) is 11.5 Å². The first-order valence-electron chi connectivity index (χ1n) is 7.69. The number of aliphatic carboxylic acids is 1. The van der Waals surface area contributed by atoms with Crippen molar-refractivity contribution in [2.24, 2.45) is 0 Å². The van der Waals surface area contributed by atoms with E-state index in [9.17, 15) is 4.79 Å². The number of likely N-dealkylation sites (tertiary alicyclic amines) is 1. The summed E-state index contributed by atoms with van der Waals surface area (Å²) in [5, 5.41) is 8.79. The Labute approximate surface area is 130 Å². The Balaban J connectivity index is 1.69. The van der Waals surface area contributed by atoms with Crippen LogP contribution in [0.4, 0.5) is 0 Å². The van der Waals surface area contributed by atoms with Crippen molar-refractivity contribution in [2.45, 2.75) is 25.4 Å². The Hall–Kier alpha value is -2.01. The van der Waals surface area contributed by atoms with E-state index in [0.717, 1.165) is 36.6 Å². The first kappa shape index (κ1) is 14.9. The topological polar surface area (TPSA) is 59.0 Å². The van der Waals surface area contributed by atoms with E-state index in [-0.39, 0.29) is 12.0 Å². The Morgan fingerprint density at radius 2 is 2.36 bits per heavy atom. The van der Waals surface area contributed by atoms with Crippen LogP contribution in [-0.2, 0) is 4.79 Å². The van der Waals surface area contributed by atoms with Gasteiger partial charge in [0.05, 0.1) is 13.0 Å². The lowest BCUT2D eigenvalue weighted by molar-refractivity contribution is -0.137. The SMILES string of the molecule is CCOc1ccc2c(c1)C=CC1(CCN(CCC(=O)O)C1)O2. The van der Waals surface area contributed by atoms with E-state index in [1.807, 2.05) is 25.1 Å². The predicted octanol–water partition coefficient (Wildman–Crippen LogP) is 2.41. The standard InChI is InChI=1S/C17H21NO4/c1-2-21-14-3-4-15-13(11-14)5-7-17(22-15)8-10-18(12-17)9-6-16(19)20/h3-5,7,11H,2,6,8-10,12H2,1H3,(H,19,20). The number of benzene rings is 1. The van der Waals surface area contributed by atoms with Crippen LogP contribution in [-0.4, -0.2) is 47.8 Å². The van der Waals surface area contributed by atoms with E-state index >= 15 is 0 Å². The second kappa shape index (κ2) is 6.01. The Morgan fingerprint density at radius 1 is 1.50 bits per heavy atom. The number of carbonyl (C=O) groups is 1. The number of hydrogen-bond donors (Lipinski definition) is 1. The normalized spacial score (nSPS) is 23.3. The fourth-order valence-corrected chi connectivity index (χ4v) is 3.05. The largest absolute Gasteiger partial charge is 0.494 e. The summed E-state index contributed by atoms with van der Waals surface area (Å²) in [6.07, 6.45) is 5.25. The maximum absolute atomic E-state index is 10.7. The summed E-state index contributed by atoms with van der Waals surface area (Å²) in [5.41, 5.74) is 0.707. The van der Waals surface area contributed by atoms with Gasteiger partial charge in [0.15, 0.2) is 0 Å². The van der Waals surface area contributed by atoms with Crippen LogP contribution in [0.2, 0.25) is 0 Å². The third-order valence-electron chi connectivity index (χ3n) is 4.16. The highest BCUT2D eigenvalue weighted by atomic mass is 16.5. The number of ether oxygens (including phenoxy) is 2. The second-order valence-electron chi connectivity index (χ2n) is 5.80. The molecule has 1 saturated heterocycles. The zero-order valence-electron chi connectivity index (χ0n) is 12.7. The van der Waals surface area contributed by atoms with Crippen LogP contribution in [0.1, 0.15) is 25.3 Å². The number of nitrogens with zero attached hydrogens (tertiary/aromatic N) is 1. The van der Waals surface area contributed by atoms with Gasteiger partial charge in [0, 0.05) is 31.6 Å². The van der Waals surface area contributed by atoms with Crippen molar-refractivity contribution in [3.05, 3.63) is 29.8 Å². The number of rotatable bonds is 5. The second-order valence-corrected chi connectivity index (χ2v) is 5.80. The molecule has 5 nitrogen and oxygen atoms in total. The minimum atomic E-state index is -0.755. The molecule has 2 heterocycles. The van der Waals surface area contributed by atoms with Crippen molar-refractivity contribution in [1.82, 2.24) is 4.90 Å². The van der Waals surface area contributed by atoms with Gasteiger partial charge in [-0.1, -0.05) is 6.08 Å². The van der Waals surface area contributed by atoms with E-state index < -0.39 is 5.97 Å². The molecular weight excluding hydrogens is 282 g/mol. The van der Waals surface area contributed by atoms with Gasteiger partial charge >= 0.3 is 5.97 Å². The Morgan fingerprint density at radius 3 is 3.14 bits per heavy atom. The van der Waals surface area contributed by atoms with E-state index in [2.05, 4.69) is 17.1 Å². The molecule has 1 fully saturated rings. The highest BCUT2D eigenvalue weighted by Crippen LogP contribution is 2.37. The molecule has 2 aliphatic heterocycles. The monoisotopic (exact) mass is 303 g/mol. The molecule has 1 spiro atoms. The molecule has 3 rings (SSSR count). The van der Waals surface area contributed by atoms with E-state index in [4.69, 9.17) is 14.6 Å². The zero-order valence-corrected chi connectivity index (χ0v) is 12.7. The van der Waals surface area contributed by atoms with Crippen LogP contribution in [0.3, 0.4) is 0 Å². The van der Waals surface area contributed by atoms with Crippen molar-refractivity contribution in [2.75, 3.05) is 26.2 Å². The van der Waals surface area contributed by atoms with E-state index in [0.29, 0.717) is 13.2 Å². The molecule has 1 N–H and O–H groups in total. The third-order valence-corrected chi connectivity index (χ3v) is 4.16. The molecule has 1 aromatic carbocycles. The molecule has 1 aromatic rings. The number of carboxylic acid groups (broad SMARTS) is 1. The van der Waals surface area contributed by atoms with Gasteiger partial charge in [0.2, 0.25) is 0 Å². The van der Waals surface area contributed by atoms with Crippen LogP contribution in [0.25, 0.3) is 6.08 Å². The smallest absolute Gasteiger partial charge is 0.304 e. The molecule has 0 radical (unpaired) electrons. The van der Waals surface area contributed by atoms with Crippen molar-refractivity contribution >= 4 is 12.0 Å². The third kappa shape index (κ3) is 3.09. The summed E-state index contributed by atoms with van der Waals surface area (Å²) in [5.74, 6) is 0.959. The highest BCUT2D eigenvalue weighted by Gasteiger charge is 2.40. The number of hydrogen-bond acceptors (Lipinski definition) is 4. The number of fused-ring (bicyclic) bond motifs is 1. The van der Waals surface area contributed by atoms with Gasteiger partial charge in [0.25, 0.3) is 0 Å². The molecule has 0 aliphatic carbocycles. The summed E-state index contributed by atoms with van der Waals surface area (Å²) in [7, 11) is 0. The van der Waals surface area contributed by atoms with Gasteiger partial charge < -0.3 is 14.6 Å². The van der Waals surface area contributed by atoms with Crippen LogP contribution < -0.4 is 9.47 Å². The predicted molar refractivity (Wildman–Crippen MR) is 83.3 cm³/mol. The van der Waals surface area contributed by atoms with Gasteiger partial charge in [0.1, 0.15) is 17.1 Å². The summed E-state index contributed by atoms with van der Waals surface area (Å²) in [4.78, 5) is 12.8. The van der Waals surface area contributed by atoms with Crippen LogP contribution in [0, 0.1) is 0 Å². The molecule has 0 aromatic heterocycles. The molecule has 0 saturated carbocycles. The van der Waals surface area contributed by atoms with E-state index in [1.54, 1.807) is 0 Å². The molecular formula is C17H21NO4. The highest BCUT2D eigenvalue weighted by molar-refractivity contribution is 5.67. The Bertz CT molecular complexity index is 598. The zero-order chi connectivity index (χ0) is 15.6. The van der Waals surface area contributed by atoms with Crippen molar-refractivity contribution in [3.8, 4) is 11.5 Å². The molecule has 5 heteroatoms. The first-order chi connectivity index (χ1) is 10.6. The molecule has 0 bridgehead atoms. The van der Waals surface area contributed by atoms with Gasteiger partial charge in [-0.2, -0.15) is 0 Å². The average molecular weight is 303 g/mol. The first-order valence-corrected chi connectivity index (χ1v) is 7.69. The molecule has 0 amide bonds. The van der Waals surface area contributed by atoms with E-state index in [1.165, 1.54) is 0 Å². The fraction of sp³-hybridized carbons (Fsp3) is 0.471. The summed E-state index contributed by atoms with van der Waals surface area (Å²) in [6.45, 7) is 4.79. The molecule has 2 aliphatic rings. The average Bonchev–Trinajstić information content (AvgIpc) is 2.89. The van der Waals surface area contributed by atoms with Gasteiger partial charge in [-0.15, -0.1) is 0 Å². The van der Waals surface area contributed by atoms with Gasteiger partial charge in [-0.05, 0) is 31.2 Å². The van der Waals surface area contributed by atoms with Crippen molar-refractivity contribution in [3.63, 3.8) is 0 Å². The summed E-state index contributed by atoms with van der Waals surface area (Å²) in [6, 6.07) is 5.86. The number of carboxylic acids is 1. The maximum Gasteiger partial charge on any atom is 0.304 e. The lowest BCUT2D eigenvalue weighted by Gasteiger charge is -2.31. The lowest BCUT2D eigenvalue weighted by Crippen LogP contribution is -2.39. The Kier molecular flexibility index (Phi) is 4.07. The van der Waals surface area contributed by atoms with Crippen molar-refractivity contribution < 1.29 is 19.4 Å². The quantitative estimate of drug-likeness (QED) is 0.905. The minimum absolute atomic E-state index is 0.175. The van der Waals surface area contributed by atoms with Gasteiger partial charge in [-0.3, -0.25) is 9.69 Å². The minimum Gasteiger partial charge on any atom is -0.494 e. The summed E-state index contributed by atoms with van der Waals surface area (Å²) < 4.78 is 11.7. The maximum atomic E-state index is 10.7. The lowest BCUT2D eigenvalue weighted by atomic mass is 9.97. The van der Waals surface area contributed by atoms with Crippen LogP contribution in [0.15, 0.2) is 24.3 Å². The molecule has 118 valence electrons. The fourth-order valence-electron chi connectivity index (χ4n) is 3.05. The van der Waals surface area contributed by atoms with Gasteiger partial charge in [-0.25, -0.2) is 0 Å². The van der Waals surface area contributed by atoms with Crippen molar-refractivity contribution in [1.29, 1.82) is 0 Å². The molecule has 1 unspecified atom stereocenters. The van der Waals surface area contributed by atoms with Crippen LogP contribution >= 0.6 is 0 Å². The summed E-state index contributed by atoms with van der Waals surface area (Å²) >= 11 is 0.